The third kappa shape index (κ3) is 5.65. The smallest absolute Gasteiger partial charge is 0.131 e. The summed E-state index contributed by atoms with van der Waals surface area (Å²) in [6.07, 6.45) is 27.0. The molecule has 168 valence electrons. The van der Waals surface area contributed by atoms with Gasteiger partial charge in [-0.05, 0) is 99.4 Å². The van der Waals surface area contributed by atoms with Crippen LogP contribution in [0.2, 0.25) is 0 Å². The lowest BCUT2D eigenvalue weighted by molar-refractivity contribution is 0.158. The average Bonchev–Trinajstić information content (AvgIpc) is 2.83. The highest BCUT2D eigenvalue weighted by molar-refractivity contribution is 5.14. The number of nitrogens with zero attached hydrogens (tertiary/aromatic N) is 2. The Labute approximate surface area is 186 Å². The molecule has 1 aromatic heterocycles. The monoisotopic (exact) mass is 410 g/mol. The predicted molar refractivity (Wildman–Crippen MR) is 127 cm³/mol. The van der Waals surface area contributed by atoms with Gasteiger partial charge in [0.1, 0.15) is 5.82 Å². The van der Waals surface area contributed by atoms with Crippen molar-refractivity contribution in [3.63, 3.8) is 0 Å². The Kier molecular flexibility index (Phi) is 8.24. The number of hydrogen-bond donors (Lipinski definition) is 0. The molecular formula is C28H46N2. The van der Waals surface area contributed by atoms with Gasteiger partial charge in [-0.3, -0.25) is 0 Å². The first-order valence-electron chi connectivity index (χ1n) is 13.6. The number of hydrogen-bond acceptors (Lipinski definition) is 2. The van der Waals surface area contributed by atoms with E-state index in [0.29, 0.717) is 11.8 Å². The second-order valence-electron chi connectivity index (χ2n) is 11.0. The number of rotatable bonds is 7. The van der Waals surface area contributed by atoms with E-state index < -0.39 is 0 Å². The SMILES string of the molecule is CCCCC1CCC(c2ncc(C3CCC(C4CCC(CC)CC4)CC3)cn2)CC1. The van der Waals surface area contributed by atoms with E-state index in [1.165, 1.54) is 108 Å². The number of aromatic nitrogens is 2. The fourth-order valence-corrected chi connectivity index (χ4v) is 6.96. The zero-order chi connectivity index (χ0) is 20.8. The van der Waals surface area contributed by atoms with E-state index in [1.54, 1.807) is 0 Å². The van der Waals surface area contributed by atoms with Gasteiger partial charge in [-0.2, -0.15) is 0 Å². The lowest BCUT2D eigenvalue weighted by Gasteiger charge is -2.37. The minimum absolute atomic E-state index is 0.617. The molecule has 3 fully saturated rings. The van der Waals surface area contributed by atoms with Crippen LogP contribution >= 0.6 is 0 Å². The maximum absolute atomic E-state index is 4.88. The van der Waals surface area contributed by atoms with Gasteiger partial charge in [-0.1, -0.05) is 52.4 Å². The van der Waals surface area contributed by atoms with E-state index >= 15 is 0 Å². The predicted octanol–water partition coefficient (Wildman–Crippen LogP) is 8.43. The molecular weight excluding hydrogens is 364 g/mol. The molecule has 2 heteroatoms. The molecule has 3 aliphatic carbocycles. The molecule has 0 N–H and O–H groups in total. The van der Waals surface area contributed by atoms with Gasteiger partial charge in [-0.15, -0.1) is 0 Å². The average molecular weight is 411 g/mol. The molecule has 0 aromatic carbocycles. The van der Waals surface area contributed by atoms with Crippen LogP contribution < -0.4 is 0 Å². The first-order valence-corrected chi connectivity index (χ1v) is 13.6. The van der Waals surface area contributed by atoms with Gasteiger partial charge in [-0.25, -0.2) is 9.97 Å². The van der Waals surface area contributed by atoms with Crippen LogP contribution in [-0.2, 0) is 0 Å². The molecule has 0 atom stereocenters. The summed E-state index contributed by atoms with van der Waals surface area (Å²) in [7, 11) is 0. The molecule has 0 spiro atoms. The van der Waals surface area contributed by atoms with Crippen molar-refractivity contribution in [2.75, 3.05) is 0 Å². The van der Waals surface area contributed by atoms with E-state index in [2.05, 4.69) is 26.2 Å². The summed E-state index contributed by atoms with van der Waals surface area (Å²) < 4.78 is 0. The molecule has 0 saturated heterocycles. The molecule has 2 nitrogen and oxygen atoms in total. The van der Waals surface area contributed by atoms with Gasteiger partial charge < -0.3 is 0 Å². The van der Waals surface area contributed by atoms with E-state index in [1.807, 2.05) is 0 Å². The standard InChI is InChI=1S/C28H46N2/c1-3-5-6-22-9-13-26(14-10-22)28-29-19-27(20-30-28)25-17-15-24(16-18-25)23-11-7-21(4-2)8-12-23/h19-26H,3-18H2,1-2H3. The van der Waals surface area contributed by atoms with Crippen LogP contribution in [-0.4, -0.2) is 9.97 Å². The summed E-state index contributed by atoms with van der Waals surface area (Å²) in [6.45, 7) is 4.69. The van der Waals surface area contributed by atoms with Crippen molar-refractivity contribution in [1.82, 2.24) is 9.97 Å². The maximum atomic E-state index is 4.88. The fraction of sp³-hybridized carbons (Fsp3) is 0.857. The van der Waals surface area contributed by atoms with Crippen LogP contribution in [0.4, 0.5) is 0 Å². The molecule has 0 bridgehead atoms. The van der Waals surface area contributed by atoms with Crippen LogP contribution in [0.25, 0.3) is 0 Å². The van der Waals surface area contributed by atoms with E-state index in [4.69, 9.17) is 9.97 Å². The fourth-order valence-electron chi connectivity index (χ4n) is 6.96. The summed E-state index contributed by atoms with van der Waals surface area (Å²) in [5.74, 6) is 6.49. The molecule has 0 radical (unpaired) electrons. The van der Waals surface area contributed by atoms with E-state index in [9.17, 15) is 0 Å². The highest BCUT2D eigenvalue weighted by Crippen LogP contribution is 2.44. The molecule has 0 aliphatic heterocycles. The summed E-state index contributed by atoms with van der Waals surface area (Å²) in [5, 5.41) is 0. The van der Waals surface area contributed by atoms with Crippen molar-refractivity contribution in [3.05, 3.63) is 23.8 Å². The van der Waals surface area contributed by atoms with E-state index in [-0.39, 0.29) is 0 Å². The second kappa shape index (κ2) is 11.1. The molecule has 1 heterocycles. The highest BCUT2D eigenvalue weighted by atomic mass is 14.9. The Morgan fingerprint density at radius 1 is 0.667 bits per heavy atom. The zero-order valence-electron chi connectivity index (χ0n) is 19.8. The van der Waals surface area contributed by atoms with Gasteiger partial charge in [0.25, 0.3) is 0 Å². The minimum Gasteiger partial charge on any atom is -0.241 e. The van der Waals surface area contributed by atoms with Gasteiger partial charge in [0.15, 0.2) is 0 Å². The van der Waals surface area contributed by atoms with Crippen molar-refractivity contribution in [3.8, 4) is 0 Å². The Morgan fingerprint density at radius 2 is 1.20 bits per heavy atom. The van der Waals surface area contributed by atoms with Crippen molar-refractivity contribution in [2.45, 2.75) is 128 Å². The van der Waals surface area contributed by atoms with Crippen molar-refractivity contribution in [1.29, 1.82) is 0 Å². The summed E-state index contributed by atoms with van der Waals surface area (Å²) in [5.41, 5.74) is 1.42. The van der Waals surface area contributed by atoms with Gasteiger partial charge in [0, 0.05) is 18.3 Å². The molecule has 30 heavy (non-hydrogen) atoms. The Morgan fingerprint density at radius 3 is 1.77 bits per heavy atom. The number of unbranched alkanes of at least 4 members (excludes halogenated alkanes) is 1. The summed E-state index contributed by atoms with van der Waals surface area (Å²) in [6, 6.07) is 0. The van der Waals surface area contributed by atoms with Crippen LogP contribution in [0.3, 0.4) is 0 Å². The molecule has 3 saturated carbocycles. The molecule has 4 rings (SSSR count). The highest BCUT2D eigenvalue weighted by Gasteiger charge is 2.31. The second-order valence-corrected chi connectivity index (χ2v) is 11.0. The molecule has 0 amide bonds. The Hall–Kier alpha value is -0.920. The van der Waals surface area contributed by atoms with Gasteiger partial charge in [0.05, 0.1) is 0 Å². The summed E-state index contributed by atoms with van der Waals surface area (Å²) >= 11 is 0. The van der Waals surface area contributed by atoms with E-state index in [0.717, 1.165) is 29.5 Å². The topological polar surface area (TPSA) is 25.8 Å². The largest absolute Gasteiger partial charge is 0.241 e. The van der Waals surface area contributed by atoms with Crippen LogP contribution in [0.15, 0.2) is 12.4 Å². The van der Waals surface area contributed by atoms with Gasteiger partial charge in [0.2, 0.25) is 0 Å². The Balaban J connectivity index is 1.23. The quantitative estimate of drug-likeness (QED) is 0.450. The molecule has 1 aromatic rings. The van der Waals surface area contributed by atoms with Crippen LogP contribution in [0, 0.1) is 23.7 Å². The lowest BCUT2D eigenvalue weighted by Crippen LogP contribution is -2.25. The van der Waals surface area contributed by atoms with Crippen molar-refractivity contribution in [2.24, 2.45) is 23.7 Å². The maximum Gasteiger partial charge on any atom is 0.131 e. The third-order valence-corrected chi connectivity index (χ3v) is 9.25. The Bertz CT molecular complexity index is 600. The first-order chi connectivity index (χ1) is 14.8. The molecule has 0 unspecified atom stereocenters. The molecule has 3 aliphatic rings. The van der Waals surface area contributed by atoms with Crippen LogP contribution in [0.1, 0.15) is 140 Å². The van der Waals surface area contributed by atoms with Crippen molar-refractivity contribution < 1.29 is 0 Å². The minimum atomic E-state index is 0.617. The summed E-state index contributed by atoms with van der Waals surface area (Å²) in [4.78, 5) is 9.76. The lowest BCUT2D eigenvalue weighted by atomic mass is 9.68. The third-order valence-electron chi connectivity index (χ3n) is 9.25. The van der Waals surface area contributed by atoms with Crippen LogP contribution in [0.5, 0.6) is 0 Å². The van der Waals surface area contributed by atoms with Gasteiger partial charge >= 0.3 is 0 Å². The van der Waals surface area contributed by atoms with Crippen molar-refractivity contribution >= 4 is 0 Å². The first kappa shape index (κ1) is 22.3. The normalized spacial score (nSPS) is 35.3. The zero-order valence-corrected chi connectivity index (χ0v) is 19.8.